The minimum Gasteiger partial charge on any atom is -0.465 e. The fourth-order valence-electron chi connectivity index (χ4n) is 1.22. The Kier molecular flexibility index (Phi) is 5.53. The number of rotatable bonds is 6. The van der Waals surface area contributed by atoms with Crippen molar-refractivity contribution in [2.24, 2.45) is 0 Å². The number of benzene rings is 1. The van der Waals surface area contributed by atoms with Crippen molar-refractivity contribution in [1.29, 1.82) is 0 Å². The van der Waals surface area contributed by atoms with Gasteiger partial charge in [-0.25, -0.2) is 4.79 Å². The summed E-state index contributed by atoms with van der Waals surface area (Å²) in [6.07, 6.45) is 0. The molecule has 1 aromatic rings. The molecule has 0 unspecified atom stereocenters. The lowest BCUT2D eigenvalue weighted by atomic mass is 10.1. The lowest BCUT2D eigenvalue weighted by Gasteiger charge is -2.04. The second-order valence-corrected chi connectivity index (χ2v) is 3.34. The van der Waals surface area contributed by atoms with Gasteiger partial charge < -0.3 is 14.8 Å². The van der Waals surface area contributed by atoms with Crippen molar-refractivity contribution >= 4 is 5.97 Å². The molecule has 0 saturated heterocycles. The molecule has 0 amide bonds. The Balaban J connectivity index is 2.42. The molecule has 88 valence electrons. The highest BCUT2D eigenvalue weighted by Crippen LogP contribution is 2.06. The lowest BCUT2D eigenvalue weighted by Crippen LogP contribution is -2.14. The van der Waals surface area contributed by atoms with E-state index in [-0.39, 0.29) is 5.97 Å². The van der Waals surface area contributed by atoms with Crippen molar-refractivity contribution < 1.29 is 14.3 Å². The van der Waals surface area contributed by atoms with Crippen LogP contribution in [0.1, 0.15) is 15.9 Å². The van der Waals surface area contributed by atoms with Gasteiger partial charge in [0.15, 0.2) is 0 Å². The summed E-state index contributed by atoms with van der Waals surface area (Å²) in [4.78, 5) is 11.2. The van der Waals surface area contributed by atoms with Gasteiger partial charge in [0, 0.05) is 6.54 Å². The Bertz CT molecular complexity index is 322. The molecule has 0 heterocycles. The van der Waals surface area contributed by atoms with Crippen LogP contribution in [-0.4, -0.2) is 33.3 Å². The van der Waals surface area contributed by atoms with E-state index in [1.807, 2.05) is 19.2 Å². The number of hydrogen-bond acceptors (Lipinski definition) is 4. The number of methoxy groups -OCH3 is 1. The van der Waals surface area contributed by atoms with E-state index in [1.54, 1.807) is 12.1 Å². The number of likely N-dealkylation sites (N-methyl/N-ethyl adjacent to an activating group) is 1. The first-order valence-corrected chi connectivity index (χ1v) is 5.17. The van der Waals surface area contributed by atoms with Crippen molar-refractivity contribution in [1.82, 2.24) is 5.32 Å². The van der Waals surface area contributed by atoms with Gasteiger partial charge >= 0.3 is 5.97 Å². The molecule has 0 aromatic heterocycles. The molecule has 16 heavy (non-hydrogen) atoms. The van der Waals surface area contributed by atoms with Crippen molar-refractivity contribution in [2.75, 3.05) is 27.3 Å². The molecule has 4 nitrogen and oxygen atoms in total. The predicted molar refractivity (Wildman–Crippen MR) is 61.4 cm³/mol. The summed E-state index contributed by atoms with van der Waals surface area (Å²) in [5, 5.41) is 3.00. The summed E-state index contributed by atoms with van der Waals surface area (Å²) in [5.41, 5.74) is 1.60. The summed E-state index contributed by atoms with van der Waals surface area (Å²) in [5.74, 6) is -0.317. The van der Waals surface area contributed by atoms with Crippen LogP contribution in [-0.2, 0) is 16.1 Å². The molecule has 0 spiro atoms. The smallest absolute Gasteiger partial charge is 0.337 e. The van der Waals surface area contributed by atoms with Crippen LogP contribution in [0.3, 0.4) is 0 Å². The van der Waals surface area contributed by atoms with Crippen molar-refractivity contribution in [3.8, 4) is 0 Å². The van der Waals surface area contributed by atoms with E-state index in [9.17, 15) is 4.79 Å². The monoisotopic (exact) mass is 223 g/mol. The topological polar surface area (TPSA) is 47.6 Å². The molecule has 0 bridgehead atoms. The van der Waals surface area contributed by atoms with Gasteiger partial charge in [-0.05, 0) is 24.7 Å². The van der Waals surface area contributed by atoms with Gasteiger partial charge in [0.1, 0.15) is 0 Å². The van der Waals surface area contributed by atoms with Crippen LogP contribution in [0.25, 0.3) is 0 Å². The van der Waals surface area contributed by atoms with Crippen LogP contribution < -0.4 is 5.32 Å². The van der Waals surface area contributed by atoms with Crippen LogP contribution in [0, 0.1) is 0 Å². The van der Waals surface area contributed by atoms with Crippen LogP contribution in [0.15, 0.2) is 24.3 Å². The zero-order chi connectivity index (χ0) is 11.8. The lowest BCUT2D eigenvalue weighted by molar-refractivity contribution is 0.0600. The normalized spacial score (nSPS) is 10.1. The molecule has 0 aliphatic carbocycles. The van der Waals surface area contributed by atoms with Gasteiger partial charge in [-0.15, -0.1) is 0 Å². The number of ether oxygens (including phenoxy) is 2. The molecule has 0 saturated carbocycles. The van der Waals surface area contributed by atoms with E-state index in [0.717, 1.165) is 12.1 Å². The molecular formula is C12H17NO3. The van der Waals surface area contributed by atoms with Crippen molar-refractivity contribution in [3.05, 3.63) is 35.4 Å². The molecule has 1 rings (SSSR count). The Morgan fingerprint density at radius 3 is 2.56 bits per heavy atom. The highest BCUT2D eigenvalue weighted by atomic mass is 16.5. The minimum absolute atomic E-state index is 0.317. The van der Waals surface area contributed by atoms with Crippen molar-refractivity contribution in [2.45, 2.75) is 6.61 Å². The van der Waals surface area contributed by atoms with Gasteiger partial charge in [0.2, 0.25) is 0 Å². The number of carbonyl (C=O) groups is 1. The predicted octanol–water partition coefficient (Wildman–Crippen LogP) is 1.21. The second-order valence-electron chi connectivity index (χ2n) is 3.34. The summed E-state index contributed by atoms with van der Waals surface area (Å²) in [7, 11) is 3.26. The Morgan fingerprint density at radius 2 is 2.00 bits per heavy atom. The third-order valence-corrected chi connectivity index (χ3v) is 2.14. The number of esters is 1. The fraction of sp³-hybridized carbons (Fsp3) is 0.417. The number of hydrogen-bond donors (Lipinski definition) is 1. The fourth-order valence-corrected chi connectivity index (χ4v) is 1.22. The first-order chi connectivity index (χ1) is 7.77. The van der Waals surface area contributed by atoms with E-state index < -0.39 is 0 Å². The first kappa shape index (κ1) is 12.7. The largest absolute Gasteiger partial charge is 0.465 e. The maximum Gasteiger partial charge on any atom is 0.337 e. The summed E-state index contributed by atoms with van der Waals surface area (Å²) >= 11 is 0. The molecule has 1 aromatic carbocycles. The Hall–Kier alpha value is -1.39. The third kappa shape index (κ3) is 4.00. The standard InChI is InChI=1S/C12H17NO3/c1-13-7-8-16-9-10-3-5-11(6-4-10)12(14)15-2/h3-6,13H,7-9H2,1-2H3. The maximum atomic E-state index is 11.2. The molecule has 0 fully saturated rings. The third-order valence-electron chi connectivity index (χ3n) is 2.14. The second kappa shape index (κ2) is 6.98. The average Bonchev–Trinajstić information content (AvgIpc) is 2.34. The first-order valence-electron chi connectivity index (χ1n) is 5.17. The SMILES string of the molecule is CNCCOCc1ccc(C(=O)OC)cc1. The van der Waals surface area contributed by atoms with Gasteiger partial charge in [-0.3, -0.25) is 0 Å². The van der Waals surface area contributed by atoms with Gasteiger partial charge in [-0.1, -0.05) is 12.1 Å². The van der Waals surface area contributed by atoms with Crippen molar-refractivity contribution in [3.63, 3.8) is 0 Å². The van der Waals surface area contributed by atoms with Crippen LogP contribution in [0.5, 0.6) is 0 Å². The zero-order valence-corrected chi connectivity index (χ0v) is 9.66. The van der Waals surface area contributed by atoms with E-state index in [2.05, 4.69) is 10.1 Å². The molecule has 0 aliphatic rings. The molecule has 0 atom stereocenters. The van der Waals surface area contributed by atoms with E-state index >= 15 is 0 Å². The van der Waals surface area contributed by atoms with Gasteiger partial charge in [-0.2, -0.15) is 0 Å². The van der Waals surface area contributed by atoms with Crippen LogP contribution in [0.4, 0.5) is 0 Å². The maximum absolute atomic E-state index is 11.2. The molecule has 1 N–H and O–H groups in total. The Morgan fingerprint density at radius 1 is 1.31 bits per heavy atom. The van der Waals surface area contributed by atoms with Crippen LogP contribution >= 0.6 is 0 Å². The zero-order valence-electron chi connectivity index (χ0n) is 9.66. The molecule has 4 heteroatoms. The van der Waals surface area contributed by atoms with Gasteiger partial charge in [0.25, 0.3) is 0 Å². The van der Waals surface area contributed by atoms with E-state index in [4.69, 9.17) is 4.74 Å². The molecular weight excluding hydrogens is 206 g/mol. The summed E-state index contributed by atoms with van der Waals surface area (Å²) in [6.45, 7) is 2.07. The highest BCUT2D eigenvalue weighted by Gasteiger charge is 2.03. The molecule has 0 aliphatic heterocycles. The summed E-state index contributed by atoms with van der Waals surface area (Å²) < 4.78 is 10.0. The van der Waals surface area contributed by atoms with E-state index in [0.29, 0.717) is 18.8 Å². The van der Waals surface area contributed by atoms with Gasteiger partial charge in [0.05, 0.1) is 25.9 Å². The average molecular weight is 223 g/mol. The van der Waals surface area contributed by atoms with E-state index in [1.165, 1.54) is 7.11 Å². The number of carbonyl (C=O) groups excluding carboxylic acids is 1. The Labute approximate surface area is 95.6 Å². The summed E-state index contributed by atoms with van der Waals surface area (Å²) in [6, 6.07) is 7.21. The minimum atomic E-state index is -0.317. The van der Waals surface area contributed by atoms with Crippen LogP contribution in [0.2, 0.25) is 0 Å². The highest BCUT2D eigenvalue weighted by molar-refractivity contribution is 5.89. The number of nitrogens with one attached hydrogen (secondary N) is 1. The molecule has 0 radical (unpaired) electrons. The quantitative estimate of drug-likeness (QED) is 0.581.